The monoisotopic (exact) mass is 254 g/mol. The topological polar surface area (TPSA) is 82.2 Å². The molecule has 3 N–H and O–H groups in total. The molecule has 0 spiro atoms. The molecule has 0 fully saturated rings. The minimum absolute atomic E-state index is 0.406. The van der Waals surface area contributed by atoms with Gasteiger partial charge in [0.25, 0.3) is 0 Å². The van der Waals surface area contributed by atoms with E-state index < -0.39 is 11.7 Å². The summed E-state index contributed by atoms with van der Waals surface area (Å²) in [5.41, 5.74) is 5.67. The molecule has 0 aliphatic rings. The standard InChI is InChI=1S/C12H22N4O2/c1-8(2)7-16-10(9(13)6-14-16)15-11(17)18-12(3,4)5/h6,8H,7,13H2,1-5H3,(H,15,17). The van der Waals surface area contributed by atoms with Crippen LogP contribution in [0.5, 0.6) is 0 Å². The maximum atomic E-state index is 11.7. The number of anilines is 2. The largest absolute Gasteiger partial charge is 0.444 e. The molecular weight excluding hydrogens is 232 g/mol. The number of amides is 1. The minimum atomic E-state index is -0.540. The molecule has 0 bridgehead atoms. The van der Waals surface area contributed by atoms with Crippen molar-refractivity contribution < 1.29 is 9.53 Å². The molecule has 0 aliphatic carbocycles. The molecule has 1 heterocycles. The van der Waals surface area contributed by atoms with Gasteiger partial charge in [-0.25, -0.2) is 9.48 Å². The zero-order valence-corrected chi connectivity index (χ0v) is 11.7. The average molecular weight is 254 g/mol. The number of hydrogen-bond donors (Lipinski definition) is 2. The van der Waals surface area contributed by atoms with Crippen molar-refractivity contribution in [2.75, 3.05) is 11.1 Å². The van der Waals surface area contributed by atoms with Crippen LogP contribution in [0, 0.1) is 5.92 Å². The third-order valence-electron chi connectivity index (χ3n) is 2.03. The molecule has 0 saturated carbocycles. The maximum absolute atomic E-state index is 11.7. The number of nitrogens with zero attached hydrogens (tertiary/aromatic N) is 2. The first-order valence-corrected chi connectivity index (χ1v) is 6.00. The third kappa shape index (κ3) is 4.27. The smallest absolute Gasteiger partial charge is 0.413 e. The summed E-state index contributed by atoms with van der Waals surface area (Å²) in [6.45, 7) is 10.2. The highest BCUT2D eigenvalue weighted by Crippen LogP contribution is 2.20. The van der Waals surface area contributed by atoms with Crippen LogP contribution in [0.25, 0.3) is 0 Å². The number of carbonyl (C=O) groups is 1. The van der Waals surface area contributed by atoms with E-state index in [2.05, 4.69) is 24.3 Å². The molecule has 6 nitrogen and oxygen atoms in total. The first-order chi connectivity index (χ1) is 8.19. The Hall–Kier alpha value is -1.72. The Kier molecular flexibility index (Phi) is 4.21. The van der Waals surface area contributed by atoms with E-state index in [0.29, 0.717) is 24.0 Å². The van der Waals surface area contributed by atoms with Gasteiger partial charge in [-0.05, 0) is 26.7 Å². The zero-order chi connectivity index (χ0) is 13.9. The second-order valence-corrected chi connectivity index (χ2v) is 5.65. The van der Waals surface area contributed by atoms with Crippen molar-refractivity contribution in [3.8, 4) is 0 Å². The molecular formula is C12H22N4O2. The van der Waals surface area contributed by atoms with E-state index in [1.807, 2.05) is 0 Å². The Morgan fingerprint density at radius 2 is 2.17 bits per heavy atom. The van der Waals surface area contributed by atoms with Gasteiger partial charge in [-0.3, -0.25) is 5.32 Å². The normalized spacial score (nSPS) is 11.7. The van der Waals surface area contributed by atoms with Gasteiger partial charge >= 0.3 is 6.09 Å². The molecule has 0 aromatic carbocycles. The average Bonchev–Trinajstić information content (AvgIpc) is 2.46. The van der Waals surface area contributed by atoms with E-state index >= 15 is 0 Å². The summed E-state index contributed by atoms with van der Waals surface area (Å²) < 4.78 is 6.85. The third-order valence-corrected chi connectivity index (χ3v) is 2.03. The Morgan fingerprint density at radius 1 is 1.56 bits per heavy atom. The molecule has 0 unspecified atom stereocenters. The van der Waals surface area contributed by atoms with E-state index in [0.717, 1.165) is 0 Å². The molecule has 1 aromatic rings. The predicted octanol–water partition coefficient (Wildman–Crippen LogP) is 2.47. The van der Waals surface area contributed by atoms with Crippen molar-refractivity contribution in [1.29, 1.82) is 0 Å². The lowest BCUT2D eigenvalue weighted by molar-refractivity contribution is 0.0634. The van der Waals surface area contributed by atoms with Gasteiger partial charge in [-0.2, -0.15) is 5.10 Å². The van der Waals surface area contributed by atoms with Gasteiger partial charge in [0.1, 0.15) is 5.60 Å². The molecule has 1 amide bonds. The lowest BCUT2D eigenvalue weighted by atomic mass is 10.2. The molecule has 0 aliphatic heterocycles. The van der Waals surface area contributed by atoms with Gasteiger partial charge in [0.2, 0.25) is 0 Å². The number of aromatic nitrogens is 2. The van der Waals surface area contributed by atoms with Gasteiger partial charge < -0.3 is 10.5 Å². The van der Waals surface area contributed by atoms with Crippen LogP contribution < -0.4 is 11.1 Å². The van der Waals surface area contributed by atoms with Crippen molar-refractivity contribution in [3.63, 3.8) is 0 Å². The van der Waals surface area contributed by atoms with Gasteiger partial charge in [0.15, 0.2) is 5.82 Å². The fourth-order valence-electron chi connectivity index (χ4n) is 1.42. The van der Waals surface area contributed by atoms with Crippen molar-refractivity contribution >= 4 is 17.6 Å². The summed E-state index contributed by atoms with van der Waals surface area (Å²) in [4.78, 5) is 11.7. The maximum Gasteiger partial charge on any atom is 0.413 e. The van der Waals surface area contributed by atoms with Crippen LogP contribution in [-0.2, 0) is 11.3 Å². The van der Waals surface area contributed by atoms with Crippen LogP contribution in [0.1, 0.15) is 34.6 Å². The minimum Gasteiger partial charge on any atom is -0.444 e. The Balaban J connectivity index is 2.77. The lowest BCUT2D eigenvalue weighted by Crippen LogP contribution is -2.28. The van der Waals surface area contributed by atoms with Crippen molar-refractivity contribution in [1.82, 2.24) is 9.78 Å². The number of nitrogens with two attached hydrogens (primary N) is 1. The van der Waals surface area contributed by atoms with Crippen LogP contribution in [0.4, 0.5) is 16.3 Å². The van der Waals surface area contributed by atoms with Crippen LogP contribution in [-0.4, -0.2) is 21.5 Å². The number of nitrogen functional groups attached to an aromatic ring is 1. The summed E-state index contributed by atoms with van der Waals surface area (Å²) in [6, 6.07) is 0. The van der Waals surface area contributed by atoms with Crippen LogP contribution in [0.15, 0.2) is 6.20 Å². The number of carbonyl (C=O) groups excluding carboxylic acids is 1. The predicted molar refractivity (Wildman–Crippen MR) is 71.3 cm³/mol. The highest BCUT2D eigenvalue weighted by Gasteiger charge is 2.19. The second-order valence-electron chi connectivity index (χ2n) is 5.65. The fourth-order valence-corrected chi connectivity index (χ4v) is 1.42. The Morgan fingerprint density at radius 3 is 2.67 bits per heavy atom. The van der Waals surface area contributed by atoms with Crippen molar-refractivity contribution in [2.24, 2.45) is 5.92 Å². The summed E-state index contributed by atoms with van der Waals surface area (Å²) in [5, 5.41) is 6.76. The number of rotatable bonds is 3. The highest BCUT2D eigenvalue weighted by molar-refractivity contribution is 5.87. The first kappa shape index (κ1) is 14.3. The van der Waals surface area contributed by atoms with Gasteiger partial charge in [0, 0.05) is 6.54 Å². The highest BCUT2D eigenvalue weighted by atomic mass is 16.6. The number of hydrogen-bond acceptors (Lipinski definition) is 4. The van der Waals surface area contributed by atoms with Crippen LogP contribution in [0.3, 0.4) is 0 Å². The first-order valence-electron chi connectivity index (χ1n) is 6.00. The Labute approximate surface area is 107 Å². The van der Waals surface area contributed by atoms with E-state index in [-0.39, 0.29) is 0 Å². The second kappa shape index (κ2) is 5.29. The fraction of sp³-hybridized carbons (Fsp3) is 0.667. The molecule has 0 radical (unpaired) electrons. The molecule has 6 heteroatoms. The zero-order valence-electron chi connectivity index (χ0n) is 11.7. The van der Waals surface area contributed by atoms with Crippen molar-refractivity contribution in [3.05, 3.63) is 6.20 Å². The quantitative estimate of drug-likeness (QED) is 0.868. The summed E-state index contributed by atoms with van der Waals surface area (Å²) >= 11 is 0. The van der Waals surface area contributed by atoms with E-state index in [1.165, 1.54) is 6.20 Å². The van der Waals surface area contributed by atoms with Gasteiger partial charge in [-0.15, -0.1) is 0 Å². The van der Waals surface area contributed by atoms with Gasteiger partial charge in [0.05, 0.1) is 11.9 Å². The molecule has 1 rings (SSSR count). The molecule has 18 heavy (non-hydrogen) atoms. The van der Waals surface area contributed by atoms with E-state index in [4.69, 9.17) is 10.5 Å². The van der Waals surface area contributed by atoms with E-state index in [1.54, 1.807) is 25.5 Å². The number of nitrogens with one attached hydrogen (secondary N) is 1. The molecule has 102 valence electrons. The van der Waals surface area contributed by atoms with Gasteiger partial charge in [-0.1, -0.05) is 13.8 Å². The summed E-state index contributed by atoms with van der Waals surface area (Å²) in [5.74, 6) is 0.890. The lowest BCUT2D eigenvalue weighted by Gasteiger charge is -2.20. The SMILES string of the molecule is CC(C)Cn1ncc(N)c1NC(=O)OC(C)(C)C. The van der Waals surface area contributed by atoms with E-state index in [9.17, 15) is 4.79 Å². The Bertz CT molecular complexity index is 418. The molecule has 0 atom stereocenters. The summed E-state index contributed by atoms with van der Waals surface area (Å²) in [7, 11) is 0. The van der Waals surface area contributed by atoms with Crippen molar-refractivity contribution in [2.45, 2.75) is 46.8 Å². The number of ether oxygens (including phenoxy) is 1. The van der Waals surface area contributed by atoms with Crippen LogP contribution >= 0.6 is 0 Å². The summed E-state index contributed by atoms with van der Waals surface area (Å²) in [6.07, 6.45) is 0.995. The molecule has 1 aromatic heterocycles. The molecule has 0 saturated heterocycles. The van der Waals surface area contributed by atoms with Crippen LogP contribution in [0.2, 0.25) is 0 Å².